The molecule has 0 aliphatic rings. The standard InChI is InChI=1S/C9H7N5O/c10-14-11-6-8-12-13-9(15-8)7-4-2-1-3-5-7/h1-5H,6H2. The van der Waals surface area contributed by atoms with Gasteiger partial charge < -0.3 is 4.42 Å². The van der Waals surface area contributed by atoms with Crippen molar-refractivity contribution in [2.75, 3.05) is 0 Å². The van der Waals surface area contributed by atoms with Gasteiger partial charge in [-0.05, 0) is 17.7 Å². The van der Waals surface area contributed by atoms with Crippen molar-refractivity contribution < 1.29 is 4.42 Å². The predicted molar refractivity (Wildman–Crippen MR) is 52.6 cm³/mol. The summed E-state index contributed by atoms with van der Waals surface area (Å²) in [5.41, 5.74) is 8.96. The van der Waals surface area contributed by atoms with Crippen LogP contribution in [0, 0.1) is 0 Å². The quantitative estimate of drug-likeness (QED) is 0.434. The van der Waals surface area contributed by atoms with E-state index in [0.29, 0.717) is 11.8 Å². The lowest BCUT2D eigenvalue weighted by atomic mass is 10.2. The molecule has 0 N–H and O–H groups in total. The summed E-state index contributed by atoms with van der Waals surface area (Å²) < 4.78 is 5.28. The second-order valence-electron chi connectivity index (χ2n) is 2.76. The molecule has 1 heterocycles. The van der Waals surface area contributed by atoms with Crippen LogP contribution in [0.4, 0.5) is 0 Å². The Hall–Kier alpha value is -2.33. The lowest BCUT2D eigenvalue weighted by Gasteiger charge is -1.91. The maximum absolute atomic E-state index is 8.12. The van der Waals surface area contributed by atoms with Crippen molar-refractivity contribution in [3.8, 4) is 11.5 Å². The van der Waals surface area contributed by atoms with Gasteiger partial charge in [0, 0.05) is 10.5 Å². The topological polar surface area (TPSA) is 87.7 Å². The molecule has 0 aliphatic heterocycles. The van der Waals surface area contributed by atoms with E-state index in [2.05, 4.69) is 20.2 Å². The fourth-order valence-electron chi connectivity index (χ4n) is 1.11. The molecular formula is C9H7N5O. The third-order valence-corrected chi connectivity index (χ3v) is 1.76. The highest BCUT2D eigenvalue weighted by Gasteiger charge is 2.06. The molecule has 1 aromatic carbocycles. The molecule has 0 saturated carbocycles. The van der Waals surface area contributed by atoms with Crippen molar-refractivity contribution in [3.05, 3.63) is 46.7 Å². The van der Waals surface area contributed by atoms with Gasteiger partial charge in [0.2, 0.25) is 11.8 Å². The summed E-state index contributed by atoms with van der Waals surface area (Å²) in [4.78, 5) is 2.61. The van der Waals surface area contributed by atoms with Crippen LogP contribution in [0.15, 0.2) is 39.9 Å². The smallest absolute Gasteiger partial charge is 0.247 e. The molecule has 0 radical (unpaired) electrons. The summed E-state index contributed by atoms with van der Waals surface area (Å²) in [6.45, 7) is 0.0797. The van der Waals surface area contributed by atoms with Gasteiger partial charge in [-0.25, -0.2) is 0 Å². The summed E-state index contributed by atoms with van der Waals surface area (Å²) >= 11 is 0. The normalized spacial score (nSPS) is 9.60. The molecule has 6 nitrogen and oxygen atoms in total. The molecule has 2 aromatic rings. The lowest BCUT2D eigenvalue weighted by Crippen LogP contribution is -1.77. The fourth-order valence-corrected chi connectivity index (χ4v) is 1.11. The van der Waals surface area contributed by atoms with Gasteiger partial charge in [-0.3, -0.25) is 0 Å². The summed E-state index contributed by atoms with van der Waals surface area (Å²) in [5.74, 6) is 0.741. The molecule has 0 saturated heterocycles. The highest BCUT2D eigenvalue weighted by Crippen LogP contribution is 2.16. The third-order valence-electron chi connectivity index (χ3n) is 1.76. The monoisotopic (exact) mass is 201 g/mol. The van der Waals surface area contributed by atoms with E-state index in [1.807, 2.05) is 30.3 Å². The summed E-state index contributed by atoms with van der Waals surface area (Å²) in [7, 11) is 0. The Labute approximate surface area is 85.2 Å². The number of nitrogens with zero attached hydrogens (tertiary/aromatic N) is 5. The van der Waals surface area contributed by atoms with E-state index in [4.69, 9.17) is 9.95 Å². The van der Waals surface area contributed by atoms with Crippen molar-refractivity contribution in [1.82, 2.24) is 10.2 Å². The predicted octanol–water partition coefficient (Wildman–Crippen LogP) is 2.55. The molecule has 0 amide bonds. The number of hydrogen-bond acceptors (Lipinski definition) is 4. The van der Waals surface area contributed by atoms with E-state index in [1.54, 1.807) is 0 Å². The number of azide groups is 1. The maximum Gasteiger partial charge on any atom is 0.247 e. The Kier molecular flexibility index (Phi) is 2.62. The van der Waals surface area contributed by atoms with Gasteiger partial charge in [0.1, 0.15) is 6.54 Å². The zero-order chi connectivity index (χ0) is 10.5. The Morgan fingerprint density at radius 3 is 2.80 bits per heavy atom. The van der Waals surface area contributed by atoms with Crippen LogP contribution >= 0.6 is 0 Å². The van der Waals surface area contributed by atoms with Crippen LogP contribution in [0.3, 0.4) is 0 Å². The highest BCUT2D eigenvalue weighted by atomic mass is 16.4. The van der Waals surface area contributed by atoms with Gasteiger partial charge in [0.05, 0.1) is 0 Å². The van der Waals surface area contributed by atoms with Crippen LogP contribution in [-0.2, 0) is 6.54 Å². The van der Waals surface area contributed by atoms with Crippen molar-refractivity contribution >= 4 is 0 Å². The zero-order valence-corrected chi connectivity index (χ0v) is 7.74. The van der Waals surface area contributed by atoms with Crippen molar-refractivity contribution in [1.29, 1.82) is 0 Å². The van der Waals surface area contributed by atoms with Crippen molar-refractivity contribution in [2.24, 2.45) is 5.11 Å². The summed E-state index contributed by atoms with van der Waals surface area (Å²) in [5, 5.41) is 10.9. The van der Waals surface area contributed by atoms with Crippen molar-refractivity contribution in [3.63, 3.8) is 0 Å². The number of aromatic nitrogens is 2. The number of rotatable bonds is 3. The van der Waals surface area contributed by atoms with E-state index in [9.17, 15) is 0 Å². The Bertz CT molecular complexity index is 486. The molecule has 0 atom stereocenters. The van der Waals surface area contributed by atoms with Gasteiger partial charge in [-0.1, -0.05) is 23.3 Å². The molecule has 6 heteroatoms. The zero-order valence-electron chi connectivity index (χ0n) is 7.74. The van der Waals surface area contributed by atoms with Crippen LogP contribution < -0.4 is 0 Å². The van der Waals surface area contributed by atoms with Crippen molar-refractivity contribution in [2.45, 2.75) is 6.54 Å². The molecule has 1 aromatic heterocycles. The van der Waals surface area contributed by atoms with E-state index < -0.39 is 0 Å². The highest BCUT2D eigenvalue weighted by molar-refractivity contribution is 5.51. The fraction of sp³-hybridized carbons (Fsp3) is 0.111. The summed E-state index contributed by atoms with van der Waals surface area (Å²) in [6, 6.07) is 9.40. The van der Waals surface area contributed by atoms with Gasteiger partial charge in [-0.15, -0.1) is 10.2 Å². The first-order valence-corrected chi connectivity index (χ1v) is 4.29. The molecule has 74 valence electrons. The number of hydrogen-bond donors (Lipinski definition) is 0. The van der Waals surface area contributed by atoms with E-state index in [0.717, 1.165) is 5.56 Å². The molecule has 15 heavy (non-hydrogen) atoms. The van der Waals surface area contributed by atoms with Gasteiger partial charge in [0.15, 0.2) is 0 Å². The maximum atomic E-state index is 8.12. The molecule has 0 aliphatic carbocycles. The average Bonchev–Trinajstić information content (AvgIpc) is 2.76. The third kappa shape index (κ3) is 2.12. The average molecular weight is 201 g/mol. The second-order valence-corrected chi connectivity index (χ2v) is 2.76. The minimum atomic E-state index is 0.0797. The largest absolute Gasteiger partial charge is 0.421 e. The Balaban J connectivity index is 2.24. The summed E-state index contributed by atoms with van der Waals surface area (Å²) in [6.07, 6.45) is 0. The lowest BCUT2D eigenvalue weighted by molar-refractivity contribution is 0.508. The Morgan fingerprint density at radius 1 is 1.27 bits per heavy atom. The number of benzene rings is 1. The molecule has 0 fully saturated rings. The SMILES string of the molecule is [N-]=[N+]=NCc1nnc(-c2ccccc2)o1. The first kappa shape index (κ1) is 9.23. The van der Waals surface area contributed by atoms with Gasteiger partial charge in [-0.2, -0.15) is 0 Å². The molecule has 0 unspecified atom stereocenters. The Morgan fingerprint density at radius 2 is 2.07 bits per heavy atom. The molecular weight excluding hydrogens is 194 g/mol. The molecule has 2 rings (SSSR count). The minimum absolute atomic E-state index is 0.0797. The van der Waals surface area contributed by atoms with E-state index in [-0.39, 0.29) is 6.54 Å². The first-order chi connectivity index (χ1) is 7.40. The second kappa shape index (κ2) is 4.26. The minimum Gasteiger partial charge on any atom is -0.421 e. The van der Waals surface area contributed by atoms with Crippen LogP contribution in [-0.4, -0.2) is 10.2 Å². The van der Waals surface area contributed by atoms with Crippen LogP contribution in [0.2, 0.25) is 0 Å². The van der Waals surface area contributed by atoms with Crippen LogP contribution in [0.5, 0.6) is 0 Å². The molecule has 0 spiro atoms. The molecule has 0 bridgehead atoms. The van der Waals surface area contributed by atoms with Gasteiger partial charge in [0.25, 0.3) is 0 Å². The van der Waals surface area contributed by atoms with Crippen LogP contribution in [0.25, 0.3) is 21.9 Å². The van der Waals surface area contributed by atoms with E-state index >= 15 is 0 Å². The first-order valence-electron chi connectivity index (χ1n) is 4.29. The van der Waals surface area contributed by atoms with Crippen LogP contribution in [0.1, 0.15) is 5.89 Å². The van der Waals surface area contributed by atoms with Gasteiger partial charge >= 0.3 is 0 Å². The van der Waals surface area contributed by atoms with E-state index in [1.165, 1.54) is 0 Å².